The normalized spacial score (nSPS) is 22.3. The summed E-state index contributed by atoms with van der Waals surface area (Å²) in [6, 6.07) is 13.8. The molecule has 1 amide bonds. The third-order valence-corrected chi connectivity index (χ3v) is 6.64. The van der Waals surface area contributed by atoms with E-state index in [4.69, 9.17) is 9.47 Å². The number of sulfonamides is 1. The van der Waals surface area contributed by atoms with Crippen molar-refractivity contribution in [2.75, 3.05) is 20.8 Å². The molecule has 0 saturated carbocycles. The van der Waals surface area contributed by atoms with Crippen molar-refractivity contribution in [1.29, 1.82) is 0 Å². The Hall–Kier alpha value is -2.42. The topological polar surface area (TPSA) is 84.9 Å². The van der Waals surface area contributed by atoms with Crippen LogP contribution in [0, 0.1) is 0 Å². The van der Waals surface area contributed by atoms with Gasteiger partial charge in [-0.3, -0.25) is 4.79 Å². The van der Waals surface area contributed by atoms with E-state index >= 15 is 0 Å². The van der Waals surface area contributed by atoms with Crippen molar-refractivity contribution in [3.63, 3.8) is 0 Å². The molecule has 8 heteroatoms. The third kappa shape index (κ3) is 4.14. The number of rotatable bonds is 5. The number of benzene rings is 2. The van der Waals surface area contributed by atoms with Crippen molar-refractivity contribution >= 4 is 15.9 Å². The van der Waals surface area contributed by atoms with Crippen LogP contribution in [-0.2, 0) is 14.8 Å². The molecule has 0 spiro atoms. The summed E-state index contributed by atoms with van der Waals surface area (Å²) >= 11 is 0. The number of carbonyl (C=O) groups excluding carboxylic acids is 1. The molecule has 29 heavy (non-hydrogen) atoms. The fourth-order valence-corrected chi connectivity index (χ4v) is 4.61. The molecule has 0 radical (unpaired) electrons. The Bertz CT molecular complexity index is 978. The Morgan fingerprint density at radius 1 is 1.17 bits per heavy atom. The minimum Gasteiger partial charge on any atom is -0.495 e. The number of ether oxygens (including phenoxy) is 2. The average Bonchev–Trinajstić information content (AvgIpc) is 2.73. The second-order valence-electron chi connectivity index (χ2n) is 7.04. The summed E-state index contributed by atoms with van der Waals surface area (Å²) < 4.78 is 38.2. The Balaban J connectivity index is 1.97. The zero-order valence-electron chi connectivity index (χ0n) is 17.0. The molecule has 1 heterocycles. The minimum absolute atomic E-state index is 0.0680. The van der Waals surface area contributed by atoms with Gasteiger partial charge in [0.25, 0.3) is 5.91 Å². The molecule has 0 unspecified atom stereocenters. The van der Waals surface area contributed by atoms with Gasteiger partial charge in [0.15, 0.2) is 0 Å². The smallest absolute Gasteiger partial charge is 0.254 e. The number of amides is 1. The predicted molar refractivity (Wildman–Crippen MR) is 109 cm³/mol. The summed E-state index contributed by atoms with van der Waals surface area (Å²) in [7, 11) is -1.07. The molecule has 3 atom stereocenters. The van der Waals surface area contributed by atoms with Gasteiger partial charge in [-0.2, -0.15) is 0 Å². The Morgan fingerprint density at radius 3 is 2.48 bits per heavy atom. The molecule has 1 fully saturated rings. The fraction of sp³-hybridized carbons (Fsp3) is 0.381. The van der Waals surface area contributed by atoms with Crippen molar-refractivity contribution in [3.8, 4) is 5.75 Å². The molecular weight excluding hydrogens is 392 g/mol. The van der Waals surface area contributed by atoms with Gasteiger partial charge < -0.3 is 14.4 Å². The lowest BCUT2D eigenvalue weighted by Crippen LogP contribution is -2.53. The van der Waals surface area contributed by atoms with Crippen molar-refractivity contribution in [3.05, 3.63) is 59.7 Å². The van der Waals surface area contributed by atoms with Crippen molar-refractivity contribution in [2.45, 2.75) is 36.9 Å². The van der Waals surface area contributed by atoms with E-state index in [1.807, 2.05) is 44.2 Å². The lowest BCUT2D eigenvalue weighted by molar-refractivity contribution is -0.0806. The first-order valence-corrected chi connectivity index (χ1v) is 10.9. The number of carbonyl (C=O) groups is 1. The molecule has 1 saturated heterocycles. The standard InChI is InChI=1S/C21H26N2O5S/c1-14-13-28-20(16-8-6-5-7-9-16)15(2)23(14)21(24)17-10-11-18(27-4)19(12-17)29(25,26)22-3/h5-12,14-15,20,22H,13H2,1-4H3/t14-,15+,20-/m1/s1. The lowest BCUT2D eigenvalue weighted by atomic mass is 9.97. The Morgan fingerprint density at radius 2 is 1.86 bits per heavy atom. The Kier molecular flexibility index (Phi) is 6.26. The van der Waals surface area contributed by atoms with Gasteiger partial charge in [-0.1, -0.05) is 30.3 Å². The van der Waals surface area contributed by atoms with Gasteiger partial charge in [0, 0.05) is 5.56 Å². The molecule has 1 aliphatic rings. The summed E-state index contributed by atoms with van der Waals surface area (Å²) in [6.07, 6.45) is -0.255. The fourth-order valence-electron chi connectivity index (χ4n) is 3.69. The summed E-state index contributed by atoms with van der Waals surface area (Å²) in [5.74, 6) is -0.0643. The number of methoxy groups -OCH3 is 1. The van der Waals surface area contributed by atoms with Crippen molar-refractivity contribution in [1.82, 2.24) is 9.62 Å². The van der Waals surface area contributed by atoms with Gasteiger partial charge >= 0.3 is 0 Å². The zero-order chi connectivity index (χ0) is 21.2. The summed E-state index contributed by atoms with van der Waals surface area (Å²) in [5.41, 5.74) is 1.28. The van der Waals surface area contributed by atoms with E-state index in [1.165, 1.54) is 26.3 Å². The number of nitrogens with one attached hydrogen (secondary N) is 1. The molecule has 3 rings (SSSR count). The van der Waals surface area contributed by atoms with E-state index in [0.29, 0.717) is 6.61 Å². The number of hydrogen-bond acceptors (Lipinski definition) is 5. The Labute approximate surface area is 171 Å². The van der Waals surface area contributed by atoms with E-state index in [0.717, 1.165) is 5.56 Å². The number of morpholine rings is 1. The van der Waals surface area contributed by atoms with Crippen LogP contribution in [0.4, 0.5) is 0 Å². The first-order chi connectivity index (χ1) is 13.8. The third-order valence-electron chi connectivity index (χ3n) is 5.20. The average molecular weight is 419 g/mol. The van der Waals surface area contributed by atoms with E-state index < -0.39 is 10.0 Å². The van der Waals surface area contributed by atoms with Crippen LogP contribution in [0.15, 0.2) is 53.4 Å². The highest BCUT2D eigenvalue weighted by molar-refractivity contribution is 7.89. The van der Waals surface area contributed by atoms with Crippen LogP contribution in [0.1, 0.15) is 35.9 Å². The second kappa shape index (κ2) is 8.52. The highest BCUT2D eigenvalue weighted by Gasteiger charge is 2.37. The molecular formula is C21H26N2O5S. The predicted octanol–water partition coefficient (Wildman–Crippen LogP) is 2.59. The zero-order valence-corrected chi connectivity index (χ0v) is 17.8. The molecule has 2 aromatic carbocycles. The van der Waals surface area contributed by atoms with Crippen LogP contribution in [0.2, 0.25) is 0 Å². The quantitative estimate of drug-likeness (QED) is 0.807. The van der Waals surface area contributed by atoms with E-state index in [9.17, 15) is 13.2 Å². The monoisotopic (exact) mass is 418 g/mol. The van der Waals surface area contributed by atoms with Gasteiger partial charge in [-0.05, 0) is 44.7 Å². The molecule has 1 N–H and O–H groups in total. The van der Waals surface area contributed by atoms with Crippen LogP contribution in [0.3, 0.4) is 0 Å². The van der Waals surface area contributed by atoms with Gasteiger partial charge in [-0.25, -0.2) is 13.1 Å². The molecule has 0 aliphatic carbocycles. The van der Waals surface area contributed by atoms with Gasteiger partial charge in [0.1, 0.15) is 16.7 Å². The maximum atomic E-state index is 13.4. The van der Waals surface area contributed by atoms with Crippen LogP contribution in [0.5, 0.6) is 5.75 Å². The molecule has 0 aromatic heterocycles. The van der Waals surface area contributed by atoms with Gasteiger partial charge in [-0.15, -0.1) is 0 Å². The highest BCUT2D eigenvalue weighted by atomic mass is 32.2. The molecule has 2 aromatic rings. The largest absolute Gasteiger partial charge is 0.495 e. The molecule has 156 valence electrons. The summed E-state index contributed by atoms with van der Waals surface area (Å²) in [5, 5.41) is 0. The molecule has 0 bridgehead atoms. The van der Waals surface area contributed by atoms with Gasteiger partial charge in [0.05, 0.1) is 25.8 Å². The minimum atomic E-state index is -3.78. The first kappa shape index (κ1) is 21.3. The van der Waals surface area contributed by atoms with E-state index in [2.05, 4.69) is 4.72 Å². The lowest BCUT2D eigenvalue weighted by Gasteiger charge is -2.44. The summed E-state index contributed by atoms with van der Waals surface area (Å²) in [4.78, 5) is 15.1. The van der Waals surface area contributed by atoms with Crippen molar-refractivity contribution in [2.24, 2.45) is 0 Å². The van der Waals surface area contributed by atoms with Gasteiger partial charge in [0.2, 0.25) is 10.0 Å². The first-order valence-electron chi connectivity index (χ1n) is 9.41. The number of nitrogens with zero attached hydrogens (tertiary/aromatic N) is 1. The number of hydrogen-bond donors (Lipinski definition) is 1. The maximum absolute atomic E-state index is 13.4. The maximum Gasteiger partial charge on any atom is 0.254 e. The molecule has 7 nitrogen and oxygen atoms in total. The van der Waals surface area contributed by atoms with Crippen LogP contribution >= 0.6 is 0 Å². The SMILES string of the molecule is CNS(=O)(=O)c1cc(C(=O)N2[C@H](C)CO[C@@H](c3ccccc3)[C@@H]2C)ccc1OC. The second-order valence-corrected chi connectivity index (χ2v) is 8.89. The van der Waals surface area contributed by atoms with Crippen LogP contribution in [-0.4, -0.2) is 52.1 Å². The van der Waals surface area contributed by atoms with Crippen molar-refractivity contribution < 1.29 is 22.7 Å². The van der Waals surface area contributed by atoms with Crippen LogP contribution in [0.25, 0.3) is 0 Å². The highest BCUT2D eigenvalue weighted by Crippen LogP contribution is 2.33. The van der Waals surface area contributed by atoms with E-state index in [1.54, 1.807) is 11.0 Å². The summed E-state index contributed by atoms with van der Waals surface area (Å²) in [6.45, 7) is 4.26. The van der Waals surface area contributed by atoms with E-state index in [-0.39, 0.29) is 40.3 Å². The molecule has 1 aliphatic heterocycles. The van der Waals surface area contributed by atoms with Crippen LogP contribution < -0.4 is 9.46 Å².